The van der Waals surface area contributed by atoms with Gasteiger partial charge in [0.15, 0.2) is 0 Å². The average Bonchev–Trinajstić information content (AvgIpc) is 3.03. The van der Waals surface area contributed by atoms with Gasteiger partial charge in [0, 0.05) is 6.54 Å². The molecule has 102 valence electrons. The number of carboxylic acids is 1. The molecular weight excluding hydrogens is 226 g/mol. The summed E-state index contributed by atoms with van der Waals surface area (Å²) in [4.78, 5) is 14.0. The predicted octanol–water partition coefficient (Wildman–Crippen LogP) is 2.75. The minimum Gasteiger partial charge on any atom is -0.480 e. The second-order valence-electron chi connectivity index (χ2n) is 6.67. The molecule has 0 aromatic heterocycles. The molecule has 1 heterocycles. The van der Waals surface area contributed by atoms with E-state index in [1.165, 1.54) is 25.7 Å². The maximum atomic E-state index is 11.7. The summed E-state index contributed by atoms with van der Waals surface area (Å²) in [6.45, 7) is 4.07. The minimum atomic E-state index is -0.592. The lowest BCUT2D eigenvalue weighted by Crippen LogP contribution is -2.51. The van der Waals surface area contributed by atoms with Gasteiger partial charge >= 0.3 is 5.97 Å². The molecule has 2 saturated carbocycles. The van der Waals surface area contributed by atoms with Crippen molar-refractivity contribution < 1.29 is 9.90 Å². The van der Waals surface area contributed by atoms with Gasteiger partial charge in [-0.3, -0.25) is 9.69 Å². The smallest absolute Gasteiger partial charge is 0.324 e. The van der Waals surface area contributed by atoms with Gasteiger partial charge in [-0.25, -0.2) is 0 Å². The first kappa shape index (κ1) is 12.5. The van der Waals surface area contributed by atoms with Crippen LogP contribution in [0.4, 0.5) is 0 Å². The summed E-state index contributed by atoms with van der Waals surface area (Å²) in [6, 6.07) is 0. The molecule has 0 radical (unpaired) electrons. The van der Waals surface area contributed by atoms with Gasteiger partial charge in [-0.1, -0.05) is 13.3 Å². The zero-order valence-electron chi connectivity index (χ0n) is 11.4. The molecule has 1 saturated heterocycles. The van der Waals surface area contributed by atoms with E-state index >= 15 is 0 Å². The van der Waals surface area contributed by atoms with Crippen LogP contribution < -0.4 is 0 Å². The molecule has 4 unspecified atom stereocenters. The number of carbonyl (C=O) groups is 1. The van der Waals surface area contributed by atoms with Crippen molar-refractivity contribution in [1.82, 2.24) is 4.90 Å². The maximum absolute atomic E-state index is 11.7. The summed E-state index contributed by atoms with van der Waals surface area (Å²) in [5.74, 6) is 2.06. The molecule has 0 aromatic carbocycles. The second-order valence-corrected chi connectivity index (χ2v) is 6.67. The Bertz CT molecular complexity index is 343. The van der Waals surface area contributed by atoms with Gasteiger partial charge in [0.2, 0.25) is 0 Å². The highest BCUT2D eigenvalue weighted by molar-refractivity contribution is 5.79. The highest BCUT2D eigenvalue weighted by Gasteiger charge is 2.48. The fourth-order valence-electron chi connectivity index (χ4n) is 4.88. The van der Waals surface area contributed by atoms with Crippen LogP contribution in [0, 0.1) is 17.8 Å². The van der Waals surface area contributed by atoms with Crippen LogP contribution in [0.25, 0.3) is 0 Å². The molecule has 4 atom stereocenters. The Morgan fingerprint density at radius 2 is 2.22 bits per heavy atom. The molecule has 3 rings (SSSR count). The molecular formula is C15H25NO2. The Morgan fingerprint density at radius 1 is 1.39 bits per heavy atom. The Labute approximate surface area is 110 Å². The number of fused-ring (bicyclic) bond motifs is 2. The summed E-state index contributed by atoms with van der Waals surface area (Å²) in [6.07, 6.45) is 8.27. The molecule has 3 fully saturated rings. The largest absolute Gasteiger partial charge is 0.480 e. The molecule has 0 aromatic rings. The molecule has 3 heteroatoms. The standard InChI is InChI=1S/C15H25NO2/c1-2-15(14(17)18)6-3-7-16(15)10-13-9-11-4-5-12(13)8-11/h11-13H,2-10H2,1H3,(H,17,18). The zero-order chi connectivity index (χ0) is 12.8. The molecule has 2 bridgehead atoms. The van der Waals surface area contributed by atoms with Crippen LogP contribution in [0.3, 0.4) is 0 Å². The summed E-state index contributed by atoms with van der Waals surface area (Å²) in [5, 5.41) is 9.60. The van der Waals surface area contributed by atoms with E-state index in [1.54, 1.807) is 0 Å². The monoisotopic (exact) mass is 251 g/mol. The fourth-order valence-corrected chi connectivity index (χ4v) is 4.88. The fraction of sp³-hybridized carbons (Fsp3) is 0.933. The number of likely N-dealkylation sites (tertiary alicyclic amines) is 1. The van der Waals surface area contributed by atoms with Crippen molar-refractivity contribution >= 4 is 5.97 Å². The third-order valence-corrected chi connectivity index (χ3v) is 5.95. The zero-order valence-corrected chi connectivity index (χ0v) is 11.4. The number of nitrogens with zero attached hydrogens (tertiary/aromatic N) is 1. The van der Waals surface area contributed by atoms with E-state index < -0.39 is 11.5 Å². The van der Waals surface area contributed by atoms with E-state index in [-0.39, 0.29) is 0 Å². The number of hydrogen-bond donors (Lipinski definition) is 1. The van der Waals surface area contributed by atoms with Crippen molar-refractivity contribution in [3.05, 3.63) is 0 Å². The van der Waals surface area contributed by atoms with Crippen LogP contribution >= 0.6 is 0 Å². The van der Waals surface area contributed by atoms with Crippen molar-refractivity contribution in [2.24, 2.45) is 17.8 Å². The van der Waals surface area contributed by atoms with Crippen molar-refractivity contribution in [3.8, 4) is 0 Å². The highest BCUT2D eigenvalue weighted by atomic mass is 16.4. The van der Waals surface area contributed by atoms with E-state index in [4.69, 9.17) is 0 Å². The second kappa shape index (κ2) is 4.52. The number of aliphatic carboxylic acids is 1. The lowest BCUT2D eigenvalue weighted by molar-refractivity contribution is -0.150. The van der Waals surface area contributed by atoms with Crippen molar-refractivity contribution in [1.29, 1.82) is 0 Å². The lowest BCUT2D eigenvalue weighted by Gasteiger charge is -2.37. The van der Waals surface area contributed by atoms with Crippen LogP contribution in [0.5, 0.6) is 0 Å². The first-order valence-electron chi connectivity index (χ1n) is 7.64. The maximum Gasteiger partial charge on any atom is 0.324 e. The van der Waals surface area contributed by atoms with E-state index in [0.717, 1.165) is 50.1 Å². The summed E-state index contributed by atoms with van der Waals surface area (Å²) < 4.78 is 0. The average molecular weight is 251 g/mol. The quantitative estimate of drug-likeness (QED) is 0.835. The highest BCUT2D eigenvalue weighted by Crippen LogP contribution is 2.49. The lowest BCUT2D eigenvalue weighted by atomic mass is 9.86. The van der Waals surface area contributed by atoms with Crippen molar-refractivity contribution in [3.63, 3.8) is 0 Å². The summed E-state index contributed by atoms with van der Waals surface area (Å²) in [5.41, 5.74) is -0.540. The van der Waals surface area contributed by atoms with Gasteiger partial charge in [-0.15, -0.1) is 0 Å². The summed E-state index contributed by atoms with van der Waals surface area (Å²) >= 11 is 0. The number of rotatable bonds is 4. The molecule has 3 aliphatic rings. The SMILES string of the molecule is CCC1(C(=O)O)CCCN1CC1CC2CCC1C2. The van der Waals surface area contributed by atoms with Gasteiger partial charge in [-0.2, -0.15) is 0 Å². The molecule has 0 amide bonds. The van der Waals surface area contributed by atoms with Crippen molar-refractivity contribution in [2.75, 3.05) is 13.1 Å². The Kier molecular flexibility index (Phi) is 3.13. The third-order valence-electron chi connectivity index (χ3n) is 5.95. The third kappa shape index (κ3) is 1.78. The number of carboxylic acid groups (broad SMARTS) is 1. The molecule has 3 nitrogen and oxygen atoms in total. The topological polar surface area (TPSA) is 40.5 Å². The van der Waals surface area contributed by atoms with Gasteiger partial charge in [0.25, 0.3) is 0 Å². The van der Waals surface area contributed by atoms with Crippen LogP contribution in [0.1, 0.15) is 51.9 Å². The van der Waals surface area contributed by atoms with E-state index in [0.29, 0.717) is 0 Å². The van der Waals surface area contributed by atoms with Gasteiger partial charge < -0.3 is 5.11 Å². The molecule has 2 aliphatic carbocycles. The number of hydrogen-bond acceptors (Lipinski definition) is 2. The molecule has 0 spiro atoms. The van der Waals surface area contributed by atoms with Crippen molar-refractivity contribution in [2.45, 2.75) is 57.4 Å². The van der Waals surface area contributed by atoms with Gasteiger partial charge in [-0.05, 0) is 62.8 Å². The predicted molar refractivity (Wildman–Crippen MR) is 70.4 cm³/mol. The summed E-state index contributed by atoms with van der Waals surface area (Å²) in [7, 11) is 0. The minimum absolute atomic E-state index is 0.540. The van der Waals surface area contributed by atoms with Gasteiger partial charge in [0.05, 0.1) is 0 Å². The van der Waals surface area contributed by atoms with Crippen LogP contribution in [-0.2, 0) is 4.79 Å². The first-order valence-corrected chi connectivity index (χ1v) is 7.64. The van der Waals surface area contributed by atoms with Crippen LogP contribution in [-0.4, -0.2) is 34.6 Å². The Balaban J connectivity index is 1.70. The van der Waals surface area contributed by atoms with Crippen LogP contribution in [0.15, 0.2) is 0 Å². The molecule has 18 heavy (non-hydrogen) atoms. The van der Waals surface area contributed by atoms with E-state index in [2.05, 4.69) is 4.90 Å². The van der Waals surface area contributed by atoms with E-state index in [9.17, 15) is 9.90 Å². The Hall–Kier alpha value is -0.570. The van der Waals surface area contributed by atoms with E-state index in [1.807, 2.05) is 6.92 Å². The van der Waals surface area contributed by atoms with Gasteiger partial charge in [0.1, 0.15) is 5.54 Å². The normalized spacial score (nSPS) is 43.7. The first-order chi connectivity index (χ1) is 8.65. The Morgan fingerprint density at radius 3 is 2.78 bits per heavy atom. The molecule has 1 aliphatic heterocycles. The van der Waals surface area contributed by atoms with Crippen LogP contribution in [0.2, 0.25) is 0 Å². The molecule has 1 N–H and O–H groups in total.